The highest BCUT2D eigenvalue weighted by Crippen LogP contribution is 2.44. The maximum atomic E-state index is 12.0. The van der Waals surface area contributed by atoms with E-state index in [-0.39, 0.29) is 22.8 Å². The van der Waals surface area contributed by atoms with Gasteiger partial charge in [-0.3, -0.25) is 5.41 Å². The lowest BCUT2D eigenvalue weighted by molar-refractivity contribution is 0.577. The monoisotopic (exact) mass is 385 g/mol. The third-order valence-corrected chi connectivity index (χ3v) is 8.35. The molecular formula is C16H20ClN3O2S2. The van der Waals surface area contributed by atoms with E-state index in [4.69, 9.17) is 17.0 Å². The van der Waals surface area contributed by atoms with E-state index in [1.54, 1.807) is 0 Å². The smallest absolute Gasteiger partial charge is 0.161 e. The van der Waals surface area contributed by atoms with Crippen LogP contribution in [0, 0.1) is 5.41 Å². The van der Waals surface area contributed by atoms with E-state index >= 15 is 0 Å². The van der Waals surface area contributed by atoms with Crippen LogP contribution in [-0.4, -0.2) is 49.5 Å². The Morgan fingerprint density at radius 1 is 1.12 bits per heavy atom. The Morgan fingerprint density at radius 2 is 1.88 bits per heavy atom. The summed E-state index contributed by atoms with van der Waals surface area (Å²) in [5, 5.41) is 9.46. The third-order valence-electron chi connectivity index (χ3n) is 4.98. The Labute approximate surface area is 151 Å². The number of rotatable bonds is 2. The predicted molar refractivity (Wildman–Crippen MR) is 102 cm³/mol. The van der Waals surface area contributed by atoms with Crippen LogP contribution in [0.25, 0.3) is 0 Å². The van der Waals surface area contributed by atoms with Crippen molar-refractivity contribution in [3.05, 3.63) is 23.2 Å². The molecule has 0 saturated carbocycles. The normalized spacial score (nSPS) is 29.1. The van der Waals surface area contributed by atoms with Crippen LogP contribution >= 0.6 is 23.4 Å². The molecule has 0 aromatic heterocycles. The molecule has 1 aromatic carbocycles. The van der Waals surface area contributed by atoms with Gasteiger partial charge in [-0.15, -0.1) is 0 Å². The second kappa shape index (κ2) is 6.11. The van der Waals surface area contributed by atoms with Crippen molar-refractivity contribution >= 4 is 49.7 Å². The zero-order chi connectivity index (χ0) is 16.9. The summed E-state index contributed by atoms with van der Waals surface area (Å²) < 4.78 is 24.1. The molecule has 0 amide bonds. The Bertz CT molecular complexity index is 778. The molecule has 0 bridgehead atoms. The minimum Gasteiger partial charge on any atom is -0.370 e. The number of halogens is 1. The summed E-state index contributed by atoms with van der Waals surface area (Å²) in [7, 11) is -3.01. The molecule has 0 radical (unpaired) electrons. The van der Waals surface area contributed by atoms with E-state index in [0.29, 0.717) is 10.2 Å². The van der Waals surface area contributed by atoms with E-state index in [0.717, 1.165) is 37.3 Å². The van der Waals surface area contributed by atoms with Gasteiger partial charge in [0.05, 0.1) is 28.9 Å². The molecule has 1 N–H and O–H groups in total. The first-order chi connectivity index (χ1) is 11.4. The van der Waals surface area contributed by atoms with Gasteiger partial charge in [-0.05, 0) is 37.5 Å². The maximum Gasteiger partial charge on any atom is 0.161 e. The van der Waals surface area contributed by atoms with Crippen LogP contribution in [0.4, 0.5) is 11.4 Å². The average Bonchev–Trinajstić information content (AvgIpc) is 2.98. The van der Waals surface area contributed by atoms with E-state index in [1.165, 1.54) is 18.2 Å². The SMILES string of the molecule is N=C1S[C@@H]2CS(=O)(=O)C[C@@H]2N1c1ccc(Cl)cc1N1CCCCC1. The predicted octanol–water partition coefficient (Wildman–Crippen LogP) is 2.98. The summed E-state index contributed by atoms with van der Waals surface area (Å²) >= 11 is 7.62. The lowest BCUT2D eigenvalue weighted by atomic mass is 10.1. The number of amidine groups is 1. The molecule has 5 nitrogen and oxygen atoms in total. The van der Waals surface area contributed by atoms with Crippen LogP contribution in [0.15, 0.2) is 18.2 Å². The molecule has 0 spiro atoms. The van der Waals surface area contributed by atoms with Gasteiger partial charge in [-0.25, -0.2) is 8.42 Å². The van der Waals surface area contributed by atoms with E-state index in [9.17, 15) is 8.42 Å². The minimum absolute atomic E-state index is 0.0348. The zero-order valence-corrected chi connectivity index (χ0v) is 15.6. The first-order valence-electron chi connectivity index (χ1n) is 8.24. The van der Waals surface area contributed by atoms with Crippen LogP contribution in [-0.2, 0) is 9.84 Å². The highest BCUT2D eigenvalue weighted by atomic mass is 35.5. The van der Waals surface area contributed by atoms with Gasteiger partial charge in [0.15, 0.2) is 15.0 Å². The number of sulfone groups is 1. The van der Waals surface area contributed by atoms with Crippen molar-refractivity contribution in [2.45, 2.75) is 30.6 Å². The topological polar surface area (TPSA) is 64.5 Å². The number of thioether (sulfide) groups is 1. The van der Waals surface area contributed by atoms with Crippen LogP contribution in [0.2, 0.25) is 5.02 Å². The van der Waals surface area contributed by atoms with Gasteiger partial charge in [-0.1, -0.05) is 23.4 Å². The molecule has 4 rings (SSSR count). The van der Waals surface area contributed by atoms with Gasteiger partial charge >= 0.3 is 0 Å². The summed E-state index contributed by atoms with van der Waals surface area (Å²) in [5.74, 6) is 0.308. The van der Waals surface area contributed by atoms with Crippen molar-refractivity contribution in [1.29, 1.82) is 5.41 Å². The van der Waals surface area contributed by atoms with Gasteiger partial charge in [0.25, 0.3) is 0 Å². The highest BCUT2D eigenvalue weighted by molar-refractivity contribution is 8.15. The van der Waals surface area contributed by atoms with Gasteiger partial charge in [0.2, 0.25) is 0 Å². The molecule has 1 aromatic rings. The van der Waals surface area contributed by atoms with Crippen LogP contribution in [0.3, 0.4) is 0 Å². The van der Waals surface area contributed by atoms with Crippen molar-refractivity contribution in [3.8, 4) is 0 Å². The molecular weight excluding hydrogens is 366 g/mol. The van der Waals surface area contributed by atoms with Crippen molar-refractivity contribution in [3.63, 3.8) is 0 Å². The molecule has 0 aliphatic carbocycles. The fraction of sp³-hybridized carbons (Fsp3) is 0.562. The van der Waals surface area contributed by atoms with Crippen molar-refractivity contribution in [1.82, 2.24) is 0 Å². The quantitative estimate of drug-likeness (QED) is 0.847. The maximum absolute atomic E-state index is 12.0. The summed E-state index contributed by atoms with van der Waals surface area (Å²) in [6, 6.07) is 5.59. The first kappa shape index (κ1) is 16.5. The summed E-state index contributed by atoms with van der Waals surface area (Å²) in [4.78, 5) is 4.24. The average molecular weight is 386 g/mol. The lowest BCUT2D eigenvalue weighted by Crippen LogP contribution is -2.39. The van der Waals surface area contributed by atoms with Gasteiger partial charge < -0.3 is 9.80 Å². The van der Waals surface area contributed by atoms with Crippen molar-refractivity contribution < 1.29 is 8.42 Å². The Morgan fingerprint density at radius 3 is 2.62 bits per heavy atom. The molecule has 3 aliphatic rings. The van der Waals surface area contributed by atoms with E-state index in [2.05, 4.69) is 4.90 Å². The first-order valence-corrected chi connectivity index (χ1v) is 11.3. The highest BCUT2D eigenvalue weighted by Gasteiger charge is 2.49. The molecule has 3 aliphatic heterocycles. The second-order valence-electron chi connectivity index (χ2n) is 6.66. The second-order valence-corrected chi connectivity index (χ2v) is 10.5. The molecule has 3 saturated heterocycles. The van der Waals surface area contributed by atoms with Crippen LogP contribution in [0.1, 0.15) is 19.3 Å². The molecule has 0 unspecified atom stereocenters. The number of nitrogens with zero attached hydrogens (tertiary/aromatic N) is 2. The fourth-order valence-electron chi connectivity index (χ4n) is 3.88. The Balaban J connectivity index is 1.74. The molecule has 130 valence electrons. The largest absolute Gasteiger partial charge is 0.370 e. The lowest BCUT2D eigenvalue weighted by Gasteiger charge is -2.34. The Kier molecular flexibility index (Phi) is 4.21. The summed E-state index contributed by atoms with van der Waals surface area (Å²) in [5.41, 5.74) is 1.95. The third kappa shape index (κ3) is 2.91. The molecule has 2 atom stereocenters. The van der Waals surface area contributed by atoms with Crippen LogP contribution in [0.5, 0.6) is 0 Å². The van der Waals surface area contributed by atoms with Crippen LogP contribution < -0.4 is 9.80 Å². The van der Waals surface area contributed by atoms with Gasteiger partial charge in [0, 0.05) is 23.4 Å². The zero-order valence-electron chi connectivity index (χ0n) is 13.2. The molecule has 8 heteroatoms. The number of benzene rings is 1. The number of anilines is 2. The number of piperidine rings is 1. The van der Waals surface area contributed by atoms with Gasteiger partial charge in [0.1, 0.15) is 0 Å². The van der Waals surface area contributed by atoms with E-state index < -0.39 is 9.84 Å². The number of fused-ring (bicyclic) bond motifs is 1. The van der Waals surface area contributed by atoms with E-state index in [1.807, 2.05) is 23.1 Å². The summed E-state index contributed by atoms with van der Waals surface area (Å²) in [6.07, 6.45) is 3.54. The molecule has 24 heavy (non-hydrogen) atoms. The number of hydrogen-bond donors (Lipinski definition) is 1. The Hall–Kier alpha value is -0.920. The number of hydrogen-bond acceptors (Lipinski definition) is 5. The van der Waals surface area contributed by atoms with Crippen molar-refractivity contribution in [2.24, 2.45) is 0 Å². The summed E-state index contributed by atoms with van der Waals surface area (Å²) in [6.45, 7) is 1.96. The number of nitrogens with one attached hydrogen (secondary N) is 1. The van der Waals surface area contributed by atoms with Crippen molar-refractivity contribution in [2.75, 3.05) is 34.4 Å². The minimum atomic E-state index is -3.01. The molecule has 3 heterocycles. The fourth-order valence-corrected chi connectivity index (χ4v) is 7.83. The van der Waals surface area contributed by atoms with Gasteiger partial charge in [-0.2, -0.15) is 0 Å². The molecule has 3 fully saturated rings. The standard InChI is InChI=1S/C16H20ClN3O2S2/c17-11-4-5-12(13(8-11)19-6-2-1-3-7-19)20-14-9-24(21,22)10-15(14)23-16(20)18/h4-5,8,14-15,18H,1-3,6-7,9-10H2/t14-,15+/m0/s1.